The number of ketones is 1. The summed E-state index contributed by atoms with van der Waals surface area (Å²) in [6.07, 6.45) is 2.29. The van der Waals surface area contributed by atoms with E-state index in [9.17, 15) is 18.0 Å². The molecular weight excluding hydrogens is 282 g/mol. The van der Waals surface area contributed by atoms with Crippen LogP contribution in [0.4, 0.5) is 0 Å². The number of aromatic nitrogens is 1. The number of fused-ring (bicyclic) bond motifs is 1. The number of hydrogen-bond acceptors (Lipinski definition) is 4. The zero-order chi connectivity index (χ0) is 14.9. The van der Waals surface area contributed by atoms with Crippen LogP contribution in [0.5, 0.6) is 0 Å². The molecule has 20 heavy (non-hydrogen) atoms. The zero-order valence-corrected chi connectivity index (χ0v) is 11.5. The first-order chi connectivity index (χ1) is 9.26. The summed E-state index contributed by atoms with van der Waals surface area (Å²) in [6, 6.07) is 4.91. The third-order valence-corrected chi connectivity index (χ3v) is 3.58. The highest BCUT2D eigenvalue weighted by Crippen LogP contribution is 2.21. The lowest BCUT2D eigenvalue weighted by atomic mass is 10.1. The van der Waals surface area contributed by atoms with Gasteiger partial charge < -0.3 is 10.1 Å². The monoisotopic (exact) mass is 295 g/mol. The molecule has 0 aliphatic carbocycles. The quantitative estimate of drug-likeness (QED) is 0.801. The summed E-state index contributed by atoms with van der Waals surface area (Å²) in [6.45, 7) is 0. The Balaban J connectivity index is 2.44. The molecule has 0 saturated heterocycles. The first-order valence-electron chi connectivity index (χ1n) is 5.79. The van der Waals surface area contributed by atoms with Gasteiger partial charge in [-0.1, -0.05) is 6.07 Å². The number of hydrogen-bond donors (Lipinski definition) is 2. The lowest BCUT2D eigenvalue weighted by Crippen LogP contribution is -2.14. The highest BCUT2D eigenvalue weighted by atomic mass is 32.2. The number of rotatable bonds is 5. The number of aromatic amines is 1. The molecule has 0 spiro atoms. The second-order valence-corrected chi connectivity index (χ2v) is 6.79. The number of carbonyl (C=O) groups excluding carboxylic acids is 1. The van der Waals surface area contributed by atoms with E-state index < -0.39 is 27.3 Å². The average Bonchev–Trinajstić information content (AvgIpc) is 2.68. The van der Waals surface area contributed by atoms with Gasteiger partial charge >= 0.3 is 5.97 Å². The average molecular weight is 295 g/mol. The second-order valence-electron chi connectivity index (χ2n) is 4.65. The van der Waals surface area contributed by atoms with Crippen molar-refractivity contribution in [1.82, 2.24) is 4.98 Å². The molecule has 0 bridgehead atoms. The predicted molar refractivity (Wildman–Crippen MR) is 73.7 cm³/mol. The Morgan fingerprint density at radius 1 is 1.30 bits per heavy atom. The highest BCUT2D eigenvalue weighted by Gasteiger charge is 2.17. The maximum Gasteiger partial charge on any atom is 0.307 e. The van der Waals surface area contributed by atoms with Crippen molar-refractivity contribution in [1.29, 1.82) is 0 Å². The van der Waals surface area contributed by atoms with Gasteiger partial charge in [-0.05, 0) is 17.7 Å². The van der Waals surface area contributed by atoms with Gasteiger partial charge in [0.15, 0.2) is 15.6 Å². The van der Waals surface area contributed by atoms with Crippen LogP contribution in [-0.4, -0.2) is 42.3 Å². The van der Waals surface area contributed by atoms with Crippen LogP contribution >= 0.6 is 0 Å². The Morgan fingerprint density at radius 3 is 2.60 bits per heavy atom. The molecule has 0 fully saturated rings. The largest absolute Gasteiger partial charge is 0.481 e. The minimum atomic E-state index is -3.40. The molecule has 1 heterocycles. The SMILES string of the molecule is CS(=O)(=O)CC(=O)c1c[nH]c2ccc(CC(=O)O)cc12. The fourth-order valence-corrected chi connectivity index (χ4v) is 2.63. The van der Waals surface area contributed by atoms with Gasteiger partial charge in [-0.25, -0.2) is 8.42 Å². The third kappa shape index (κ3) is 3.24. The highest BCUT2D eigenvalue weighted by molar-refractivity contribution is 7.91. The molecule has 0 aliphatic heterocycles. The summed E-state index contributed by atoms with van der Waals surface area (Å²) in [7, 11) is -3.40. The summed E-state index contributed by atoms with van der Waals surface area (Å²) < 4.78 is 22.4. The minimum Gasteiger partial charge on any atom is -0.481 e. The first-order valence-corrected chi connectivity index (χ1v) is 7.85. The molecule has 2 rings (SSSR count). The van der Waals surface area contributed by atoms with Crippen molar-refractivity contribution in [2.75, 3.05) is 12.0 Å². The van der Waals surface area contributed by atoms with Crippen LogP contribution in [0.25, 0.3) is 10.9 Å². The van der Waals surface area contributed by atoms with Crippen LogP contribution in [-0.2, 0) is 21.1 Å². The molecule has 0 aliphatic rings. The van der Waals surface area contributed by atoms with E-state index in [2.05, 4.69) is 4.98 Å². The number of benzene rings is 1. The molecule has 2 aromatic rings. The maximum absolute atomic E-state index is 12.0. The predicted octanol–water partition coefficient (Wildman–Crippen LogP) is 1.02. The van der Waals surface area contributed by atoms with E-state index in [-0.39, 0.29) is 12.0 Å². The number of H-pyrrole nitrogens is 1. The van der Waals surface area contributed by atoms with Crippen molar-refractivity contribution < 1.29 is 23.1 Å². The van der Waals surface area contributed by atoms with Gasteiger partial charge in [-0.15, -0.1) is 0 Å². The van der Waals surface area contributed by atoms with Gasteiger partial charge in [-0.2, -0.15) is 0 Å². The topological polar surface area (TPSA) is 104 Å². The van der Waals surface area contributed by atoms with Crippen LogP contribution in [0.3, 0.4) is 0 Å². The Labute approximate surface area is 115 Å². The molecule has 0 saturated carbocycles. The zero-order valence-electron chi connectivity index (χ0n) is 10.7. The molecular formula is C13H13NO5S. The van der Waals surface area contributed by atoms with E-state index in [1.807, 2.05) is 0 Å². The van der Waals surface area contributed by atoms with Gasteiger partial charge in [0.05, 0.1) is 6.42 Å². The summed E-state index contributed by atoms with van der Waals surface area (Å²) in [5, 5.41) is 9.31. The van der Waals surface area contributed by atoms with Crippen LogP contribution in [0.15, 0.2) is 24.4 Å². The Hall–Kier alpha value is -2.15. The number of carboxylic acid groups (broad SMARTS) is 1. The van der Waals surface area contributed by atoms with Crippen LogP contribution in [0.2, 0.25) is 0 Å². The first kappa shape index (κ1) is 14.3. The number of carbonyl (C=O) groups is 2. The lowest BCUT2D eigenvalue weighted by molar-refractivity contribution is -0.136. The summed E-state index contributed by atoms with van der Waals surface area (Å²) in [5.41, 5.74) is 1.48. The summed E-state index contributed by atoms with van der Waals surface area (Å²) in [5.74, 6) is -2.04. The van der Waals surface area contributed by atoms with E-state index in [1.165, 1.54) is 6.20 Å². The molecule has 2 N–H and O–H groups in total. The number of carboxylic acids is 1. The van der Waals surface area contributed by atoms with Crippen LogP contribution in [0.1, 0.15) is 15.9 Å². The number of aliphatic carboxylic acids is 1. The Morgan fingerprint density at radius 2 is 2.00 bits per heavy atom. The molecule has 106 valence electrons. The standard InChI is InChI=1S/C13H13NO5S/c1-20(18,19)7-12(15)10-6-14-11-3-2-8(4-9(10)11)5-13(16)17/h2-4,6,14H,5,7H2,1H3,(H,16,17). The normalized spacial score (nSPS) is 11.7. The molecule has 0 unspecified atom stereocenters. The van der Waals surface area contributed by atoms with Crippen molar-refractivity contribution in [3.8, 4) is 0 Å². The lowest BCUT2D eigenvalue weighted by Gasteiger charge is -2.00. The van der Waals surface area contributed by atoms with Gasteiger partial charge in [0, 0.05) is 28.9 Å². The van der Waals surface area contributed by atoms with Gasteiger partial charge in [0.1, 0.15) is 5.75 Å². The molecule has 0 radical (unpaired) electrons. The van der Waals surface area contributed by atoms with E-state index in [1.54, 1.807) is 18.2 Å². The van der Waals surface area contributed by atoms with Crippen molar-refractivity contribution in [3.05, 3.63) is 35.5 Å². The van der Waals surface area contributed by atoms with Crippen molar-refractivity contribution >= 4 is 32.5 Å². The molecule has 0 atom stereocenters. The summed E-state index contributed by atoms with van der Waals surface area (Å²) >= 11 is 0. The molecule has 6 nitrogen and oxygen atoms in total. The van der Waals surface area contributed by atoms with Crippen molar-refractivity contribution in [2.45, 2.75) is 6.42 Å². The Kier molecular flexibility index (Phi) is 3.63. The van der Waals surface area contributed by atoms with Crippen LogP contribution in [0, 0.1) is 0 Å². The fourth-order valence-electron chi connectivity index (χ4n) is 2.00. The number of nitrogens with one attached hydrogen (secondary N) is 1. The minimum absolute atomic E-state index is 0.152. The smallest absolute Gasteiger partial charge is 0.307 e. The van der Waals surface area contributed by atoms with Crippen molar-refractivity contribution in [2.24, 2.45) is 0 Å². The van der Waals surface area contributed by atoms with Gasteiger partial charge in [-0.3, -0.25) is 9.59 Å². The van der Waals surface area contributed by atoms with E-state index in [4.69, 9.17) is 5.11 Å². The number of Topliss-reactive ketones (excluding diaryl/α,β-unsaturated/α-hetero) is 1. The second kappa shape index (κ2) is 5.09. The van der Waals surface area contributed by atoms with E-state index in [0.29, 0.717) is 16.5 Å². The molecule has 0 amide bonds. The van der Waals surface area contributed by atoms with E-state index in [0.717, 1.165) is 6.26 Å². The molecule has 7 heteroatoms. The fraction of sp³-hybridized carbons (Fsp3) is 0.231. The number of sulfone groups is 1. The Bertz CT molecular complexity index is 788. The molecule has 1 aromatic heterocycles. The van der Waals surface area contributed by atoms with Crippen LogP contribution < -0.4 is 0 Å². The van der Waals surface area contributed by atoms with Crippen molar-refractivity contribution in [3.63, 3.8) is 0 Å². The van der Waals surface area contributed by atoms with E-state index >= 15 is 0 Å². The van der Waals surface area contributed by atoms with Gasteiger partial charge in [0.2, 0.25) is 0 Å². The van der Waals surface area contributed by atoms with Gasteiger partial charge in [0.25, 0.3) is 0 Å². The summed E-state index contributed by atoms with van der Waals surface area (Å²) in [4.78, 5) is 25.5. The third-order valence-electron chi connectivity index (χ3n) is 2.80. The molecule has 1 aromatic carbocycles. The maximum atomic E-state index is 12.0.